The van der Waals surface area contributed by atoms with Gasteiger partial charge in [0, 0.05) is 12.6 Å². The lowest BCUT2D eigenvalue weighted by atomic mass is 9.86. The van der Waals surface area contributed by atoms with Crippen LogP contribution in [0, 0.1) is 0 Å². The molecule has 0 amide bonds. The van der Waals surface area contributed by atoms with Crippen molar-refractivity contribution >= 4 is 0 Å². The molecule has 1 aromatic rings. The van der Waals surface area contributed by atoms with Gasteiger partial charge in [0.1, 0.15) is 12.4 Å². The molecule has 2 N–H and O–H groups in total. The van der Waals surface area contributed by atoms with Gasteiger partial charge in [0.2, 0.25) is 0 Å². The van der Waals surface area contributed by atoms with Gasteiger partial charge in [-0.2, -0.15) is 0 Å². The van der Waals surface area contributed by atoms with Gasteiger partial charge >= 0.3 is 0 Å². The first-order valence-corrected chi connectivity index (χ1v) is 6.98. The van der Waals surface area contributed by atoms with Crippen molar-refractivity contribution in [3.63, 3.8) is 0 Å². The number of ether oxygens (including phenoxy) is 3. The molecule has 0 saturated heterocycles. The summed E-state index contributed by atoms with van der Waals surface area (Å²) in [5.41, 5.74) is 5.91. The van der Waals surface area contributed by atoms with E-state index in [1.807, 2.05) is 30.3 Å². The third-order valence-electron chi connectivity index (χ3n) is 3.23. The molecule has 1 saturated carbocycles. The van der Waals surface area contributed by atoms with E-state index in [2.05, 4.69) is 6.92 Å². The highest BCUT2D eigenvalue weighted by atomic mass is 16.6. The average molecular weight is 265 g/mol. The largest absolute Gasteiger partial charge is 0.491 e. The number of para-hydroxylation sites is 1. The molecule has 4 heteroatoms. The van der Waals surface area contributed by atoms with Crippen molar-refractivity contribution in [3.8, 4) is 5.75 Å². The van der Waals surface area contributed by atoms with E-state index in [-0.39, 0.29) is 18.2 Å². The summed E-state index contributed by atoms with van der Waals surface area (Å²) in [6.45, 7) is 3.96. The van der Waals surface area contributed by atoms with Crippen molar-refractivity contribution in [2.45, 2.75) is 38.0 Å². The molecule has 0 heterocycles. The summed E-state index contributed by atoms with van der Waals surface area (Å²) in [6, 6.07) is 9.87. The Balaban J connectivity index is 1.60. The highest BCUT2D eigenvalue weighted by molar-refractivity contribution is 5.20. The fraction of sp³-hybridized carbons (Fsp3) is 0.600. The molecule has 1 aliphatic rings. The van der Waals surface area contributed by atoms with Crippen molar-refractivity contribution in [1.29, 1.82) is 0 Å². The summed E-state index contributed by atoms with van der Waals surface area (Å²) in [6.07, 6.45) is 2.06. The third-order valence-corrected chi connectivity index (χ3v) is 3.23. The van der Waals surface area contributed by atoms with E-state index in [0.717, 1.165) is 25.2 Å². The lowest BCUT2D eigenvalue weighted by molar-refractivity contribution is -0.142. The Morgan fingerprint density at radius 1 is 1.11 bits per heavy atom. The Hall–Kier alpha value is -1.10. The van der Waals surface area contributed by atoms with Crippen LogP contribution >= 0.6 is 0 Å². The van der Waals surface area contributed by atoms with Crippen molar-refractivity contribution in [2.75, 3.05) is 19.8 Å². The summed E-state index contributed by atoms with van der Waals surface area (Å²) in [5, 5.41) is 0. The second kappa shape index (κ2) is 7.48. The fourth-order valence-electron chi connectivity index (χ4n) is 2.14. The molecule has 0 aliphatic heterocycles. The van der Waals surface area contributed by atoms with Gasteiger partial charge in [-0.1, -0.05) is 25.1 Å². The van der Waals surface area contributed by atoms with Crippen LogP contribution in [0.4, 0.5) is 0 Å². The standard InChI is InChI=1S/C15H23NO3/c1-2-8-19-15-13(16)11-14(15)18-10-9-17-12-6-4-3-5-7-12/h3-7,13-15H,2,8-11,16H2,1H3. The van der Waals surface area contributed by atoms with Gasteiger partial charge < -0.3 is 19.9 Å². The molecule has 106 valence electrons. The van der Waals surface area contributed by atoms with Gasteiger partial charge in [0.15, 0.2) is 0 Å². The molecule has 0 aromatic heterocycles. The number of rotatable bonds is 8. The topological polar surface area (TPSA) is 53.7 Å². The lowest BCUT2D eigenvalue weighted by Gasteiger charge is -2.41. The van der Waals surface area contributed by atoms with Crippen LogP contribution in [0.5, 0.6) is 5.75 Å². The first-order chi connectivity index (χ1) is 9.31. The second-order valence-electron chi connectivity index (χ2n) is 4.81. The smallest absolute Gasteiger partial charge is 0.119 e. The summed E-state index contributed by atoms with van der Waals surface area (Å²) >= 11 is 0. The molecule has 4 nitrogen and oxygen atoms in total. The minimum Gasteiger partial charge on any atom is -0.491 e. The molecule has 1 fully saturated rings. The van der Waals surface area contributed by atoms with Gasteiger partial charge in [-0.05, 0) is 25.0 Å². The molecule has 1 aliphatic carbocycles. The SMILES string of the molecule is CCCOC1C(N)CC1OCCOc1ccccc1. The molecule has 3 atom stereocenters. The molecular weight excluding hydrogens is 242 g/mol. The van der Waals surface area contributed by atoms with E-state index < -0.39 is 0 Å². The summed E-state index contributed by atoms with van der Waals surface area (Å²) in [4.78, 5) is 0. The Morgan fingerprint density at radius 2 is 1.89 bits per heavy atom. The van der Waals surface area contributed by atoms with Crippen LogP contribution < -0.4 is 10.5 Å². The minimum atomic E-state index is 0.0525. The molecule has 0 radical (unpaired) electrons. The number of nitrogens with two attached hydrogens (primary N) is 1. The first-order valence-electron chi connectivity index (χ1n) is 6.98. The molecule has 19 heavy (non-hydrogen) atoms. The predicted molar refractivity (Wildman–Crippen MR) is 74.3 cm³/mol. The summed E-state index contributed by atoms with van der Waals surface area (Å²) < 4.78 is 17.0. The van der Waals surface area contributed by atoms with E-state index >= 15 is 0 Å². The monoisotopic (exact) mass is 265 g/mol. The minimum absolute atomic E-state index is 0.0525. The third kappa shape index (κ3) is 4.20. The maximum atomic E-state index is 5.91. The number of hydrogen-bond acceptors (Lipinski definition) is 4. The van der Waals surface area contributed by atoms with Crippen LogP contribution in [0.2, 0.25) is 0 Å². The van der Waals surface area contributed by atoms with Crippen LogP contribution in [0.25, 0.3) is 0 Å². The van der Waals surface area contributed by atoms with Crippen LogP contribution in [0.15, 0.2) is 30.3 Å². The summed E-state index contributed by atoms with van der Waals surface area (Å²) in [7, 11) is 0. The lowest BCUT2D eigenvalue weighted by Crippen LogP contribution is -2.58. The van der Waals surface area contributed by atoms with Gasteiger partial charge in [-0.15, -0.1) is 0 Å². The van der Waals surface area contributed by atoms with Crippen molar-refractivity contribution in [3.05, 3.63) is 30.3 Å². The predicted octanol–water partition coefficient (Wildman–Crippen LogP) is 1.98. The molecule has 0 spiro atoms. The summed E-state index contributed by atoms with van der Waals surface area (Å²) in [5.74, 6) is 0.871. The Morgan fingerprint density at radius 3 is 2.58 bits per heavy atom. The maximum absolute atomic E-state index is 5.91. The fourth-order valence-corrected chi connectivity index (χ4v) is 2.14. The second-order valence-corrected chi connectivity index (χ2v) is 4.81. The van der Waals surface area contributed by atoms with Crippen LogP contribution in [0.1, 0.15) is 19.8 Å². The van der Waals surface area contributed by atoms with E-state index in [9.17, 15) is 0 Å². The zero-order valence-electron chi connectivity index (χ0n) is 11.5. The van der Waals surface area contributed by atoms with Crippen molar-refractivity contribution < 1.29 is 14.2 Å². The Bertz CT molecular complexity index is 358. The number of benzene rings is 1. The Labute approximate surface area is 114 Å². The average Bonchev–Trinajstić information content (AvgIpc) is 2.43. The molecule has 1 aromatic carbocycles. The van der Waals surface area contributed by atoms with E-state index in [4.69, 9.17) is 19.9 Å². The highest BCUT2D eigenvalue weighted by Gasteiger charge is 2.40. The molecule has 3 unspecified atom stereocenters. The van der Waals surface area contributed by atoms with E-state index in [0.29, 0.717) is 13.2 Å². The molecular formula is C15H23NO3. The van der Waals surface area contributed by atoms with Crippen molar-refractivity contribution in [2.24, 2.45) is 5.73 Å². The van der Waals surface area contributed by atoms with E-state index in [1.54, 1.807) is 0 Å². The van der Waals surface area contributed by atoms with Crippen LogP contribution in [0.3, 0.4) is 0 Å². The zero-order chi connectivity index (χ0) is 13.5. The van der Waals surface area contributed by atoms with Gasteiger partial charge in [-0.3, -0.25) is 0 Å². The van der Waals surface area contributed by atoms with Crippen LogP contribution in [-0.4, -0.2) is 38.1 Å². The quantitative estimate of drug-likeness (QED) is 0.730. The normalized spacial score (nSPS) is 25.9. The molecule has 2 rings (SSSR count). The van der Waals surface area contributed by atoms with Crippen molar-refractivity contribution in [1.82, 2.24) is 0 Å². The molecule has 0 bridgehead atoms. The van der Waals surface area contributed by atoms with Gasteiger partial charge in [0.05, 0.1) is 18.8 Å². The first kappa shape index (κ1) is 14.3. The number of hydrogen-bond donors (Lipinski definition) is 1. The van der Waals surface area contributed by atoms with Gasteiger partial charge in [0.25, 0.3) is 0 Å². The maximum Gasteiger partial charge on any atom is 0.119 e. The zero-order valence-corrected chi connectivity index (χ0v) is 11.5. The van der Waals surface area contributed by atoms with Gasteiger partial charge in [-0.25, -0.2) is 0 Å². The Kier molecular flexibility index (Phi) is 5.63. The highest BCUT2D eigenvalue weighted by Crippen LogP contribution is 2.25. The van der Waals surface area contributed by atoms with Crippen LogP contribution in [-0.2, 0) is 9.47 Å². The van der Waals surface area contributed by atoms with E-state index in [1.165, 1.54) is 0 Å².